The van der Waals surface area contributed by atoms with Gasteiger partial charge in [0.1, 0.15) is 0 Å². The van der Waals surface area contributed by atoms with Gasteiger partial charge >= 0.3 is 0 Å². The number of hydrogen-bond acceptors (Lipinski definition) is 4. The summed E-state index contributed by atoms with van der Waals surface area (Å²) < 4.78 is 7.27. The van der Waals surface area contributed by atoms with Crippen LogP contribution in [-0.2, 0) is 18.3 Å². The minimum Gasteiger partial charge on any atom is -0.379 e. The highest BCUT2D eigenvalue weighted by molar-refractivity contribution is 5.79. The van der Waals surface area contributed by atoms with E-state index in [2.05, 4.69) is 39.5 Å². The first kappa shape index (κ1) is 17.7. The van der Waals surface area contributed by atoms with Crippen LogP contribution in [0.4, 0.5) is 0 Å². The van der Waals surface area contributed by atoms with Gasteiger partial charge in [-0.05, 0) is 5.92 Å². The predicted molar refractivity (Wildman–Crippen MR) is 92.4 cm³/mol. The largest absolute Gasteiger partial charge is 0.379 e. The molecule has 130 valence electrons. The molecule has 23 heavy (non-hydrogen) atoms. The topological polar surface area (TPSA) is 66.7 Å². The third-order valence-electron chi connectivity index (χ3n) is 4.20. The molecule has 1 aliphatic rings. The van der Waals surface area contributed by atoms with E-state index in [4.69, 9.17) is 4.74 Å². The predicted octanol–water partition coefficient (Wildman–Crippen LogP) is 0.442. The summed E-state index contributed by atoms with van der Waals surface area (Å²) in [5.74, 6) is 1.41. The number of aryl methyl sites for hydroxylation is 1. The fourth-order valence-electron chi connectivity index (χ4n) is 2.87. The molecule has 1 fully saturated rings. The van der Waals surface area contributed by atoms with E-state index in [0.717, 1.165) is 50.9 Å². The maximum Gasteiger partial charge on any atom is 0.191 e. The van der Waals surface area contributed by atoms with Crippen molar-refractivity contribution < 1.29 is 4.74 Å². The van der Waals surface area contributed by atoms with E-state index >= 15 is 0 Å². The summed E-state index contributed by atoms with van der Waals surface area (Å²) in [6.07, 6.45) is 3.87. The molecule has 2 N–H and O–H groups in total. The van der Waals surface area contributed by atoms with E-state index in [9.17, 15) is 0 Å². The van der Waals surface area contributed by atoms with Gasteiger partial charge in [-0.15, -0.1) is 0 Å². The van der Waals surface area contributed by atoms with Gasteiger partial charge in [-0.1, -0.05) is 13.8 Å². The molecule has 0 radical (unpaired) electrons. The summed E-state index contributed by atoms with van der Waals surface area (Å²) in [6.45, 7) is 9.82. The second-order valence-electron chi connectivity index (χ2n) is 6.29. The van der Waals surface area contributed by atoms with Crippen LogP contribution in [0.25, 0.3) is 0 Å². The molecule has 1 saturated heterocycles. The number of aromatic nitrogens is 2. The lowest BCUT2D eigenvalue weighted by Gasteiger charge is -2.37. The standard InChI is InChI=1S/C16H30N6O/c1-13(2)15(22-5-7-23-8-6-22)11-19-16(17-3)18-9-14-10-20-21(4)12-14/h10,12-13,15H,5-9,11H2,1-4H3,(H2,17,18,19). The molecule has 2 rings (SSSR count). The minimum atomic E-state index is 0.482. The Morgan fingerprint density at radius 3 is 2.65 bits per heavy atom. The molecule has 1 aromatic rings. The zero-order valence-corrected chi connectivity index (χ0v) is 14.7. The molecule has 0 spiro atoms. The number of guanidine groups is 1. The Labute approximate surface area is 139 Å². The van der Waals surface area contributed by atoms with Crippen molar-refractivity contribution in [2.75, 3.05) is 39.9 Å². The molecular weight excluding hydrogens is 292 g/mol. The average Bonchev–Trinajstić information content (AvgIpc) is 2.96. The van der Waals surface area contributed by atoms with Gasteiger partial charge in [0.25, 0.3) is 0 Å². The van der Waals surface area contributed by atoms with Gasteiger partial charge in [0.15, 0.2) is 5.96 Å². The normalized spacial score (nSPS) is 18.2. The van der Waals surface area contributed by atoms with Crippen molar-refractivity contribution in [2.45, 2.75) is 26.4 Å². The smallest absolute Gasteiger partial charge is 0.191 e. The van der Waals surface area contributed by atoms with Gasteiger partial charge in [-0.25, -0.2) is 0 Å². The Balaban J connectivity index is 1.82. The number of nitrogens with zero attached hydrogens (tertiary/aromatic N) is 4. The molecular formula is C16H30N6O. The fraction of sp³-hybridized carbons (Fsp3) is 0.750. The first-order valence-electron chi connectivity index (χ1n) is 8.34. The molecule has 7 nitrogen and oxygen atoms in total. The Morgan fingerprint density at radius 2 is 2.09 bits per heavy atom. The van der Waals surface area contributed by atoms with Crippen molar-refractivity contribution in [3.8, 4) is 0 Å². The van der Waals surface area contributed by atoms with Crippen molar-refractivity contribution in [1.82, 2.24) is 25.3 Å². The van der Waals surface area contributed by atoms with Crippen LogP contribution in [0.15, 0.2) is 17.4 Å². The number of nitrogens with one attached hydrogen (secondary N) is 2. The van der Waals surface area contributed by atoms with E-state index in [1.165, 1.54) is 0 Å². The maximum absolute atomic E-state index is 5.46. The molecule has 0 aliphatic carbocycles. The summed E-state index contributed by atoms with van der Waals surface area (Å²) in [4.78, 5) is 6.82. The highest BCUT2D eigenvalue weighted by atomic mass is 16.5. The van der Waals surface area contributed by atoms with Crippen molar-refractivity contribution >= 4 is 5.96 Å². The summed E-state index contributed by atoms with van der Waals surface area (Å²) in [7, 11) is 3.73. The number of rotatable bonds is 6. The average molecular weight is 322 g/mol. The van der Waals surface area contributed by atoms with Gasteiger partial charge in [-0.2, -0.15) is 5.10 Å². The van der Waals surface area contributed by atoms with Crippen LogP contribution < -0.4 is 10.6 Å². The maximum atomic E-state index is 5.46. The van der Waals surface area contributed by atoms with E-state index in [1.54, 1.807) is 11.7 Å². The highest BCUT2D eigenvalue weighted by Crippen LogP contribution is 2.12. The fourth-order valence-corrected chi connectivity index (χ4v) is 2.87. The van der Waals surface area contributed by atoms with Crippen molar-refractivity contribution in [1.29, 1.82) is 0 Å². The van der Waals surface area contributed by atoms with Crippen LogP contribution in [-0.4, -0.2) is 66.6 Å². The van der Waals surface area contributed by atoms with Crippen LogP contribution in [0, 0.1) is 5.92 Å². The molecule has 1 unspecified atom stereocenters. The molecule has 0 aromatic carbocycles. The number of ether oxygens (including phenoxy) is 1. The van der Waals surface area contributed by atoms with Crippen LogP contribution in [0.5, 0.6) is 0 Å². The molecule has 1 aliphatic heterocycles. The molecule has 0 saturated carbocycles. The van der Waals surface area contributed by atoms with Gasteiger partial charge in [-0.3, -0.25) is 14.6 Å². The first-order valence-corrected chi connectivity index (χ1v) is 8.34. The van der Waals surface area contributed by atoms with Crippen molar-refractivity contribution in [2.24, 2.45) is 18.0 Å². The van der Waals surface area contributed by atoms with Crippen molar-refractivity contribution in [3.63, 3.8) is 0 Å². The monoisotopic (exact) mass is 322 g/mol. The minimum absolute atomic E-state index is 0.482. The summed E-state index contributed by atoms with van der Waals surface area (Å²) >= 11 is 0. The van der Waals surface area contributed by atoms with E-state index in [0.29, 0.717) is 12.0 Å². The van der Waals surface area contributed by atoms with Gasteiger partial charge in [0.05, 0.1) is 19.4 Å². The number of aliphatic imine (C=N–C) groups is 1. The molecule has 0 amide bonds. The van der Waals surface area contributed by atoms with Gasteiger partial charge < -0.3 is 15.4 Å². The lowest BCUT2D eigenvalue weighted by molar-refractivity contribution is 0.00752. The van der Waals surface area contributed by atoms with Crippen LogP contribution in [0.3, 0.4) is 0 Å². The summed E-state index contributed by atoms with van der Waals surface area (Å²) in [5.41, 5.74) is 1.14. The molecule has 2 heterocycles. The third-order valence-corrected chi connectivity index (χ3v) is 4.20. The Hall–Kier alpha value is -1.60. The van der Waals surface area contributed by atoms with E-state index in [1.807, 2.05) is 19.4 Å². The number of morpholine rings is 1. The van der Waals surface area contributed by atoms with Crippen LogP contribution >= 0.6 is 0 Å². The van der Waals surface area contributed by atoms with Crippen LogP contribution in [0.2, 0.25) is 0 Å². The Bertz CT molecular complexity index is 493. The summed E-state index contributed by atoms with van der Waals surface area (Å²) in [5, 5.41) is 11.0. The van der Waals surface area contributed by atoms with Gasteiger partial charge in [0, 0.05) is 58.1 Å². The lowest BCUT2D eigenvalue weighted by Crippen LogP contribution is -2.52. The van der Waals surface area contributed by atoms with Crippen molar-refractivity contribution in [3.05, 3.63) is 18.0 Å². The molecule has 0 bridgehead atoms. The zero-order chi connectivity index (χ0) is 16.7. The highest BCUT2D eigenvalue weighted by Gasteiger charge is 2.23. The third kappa shape index (κ3) is 5.51. The summed E-state index contributed by atoms with van der Waals surface area (Å²) in [6, 6.07) is 0.482. The quantitative estimate of drug-likeness (QED) is 0.588. The SMILES string of the molecule is CN=C(NCc1cnn(C)c1)NCC(C(C)C)N1CCOCC1. The zero-order valence-electron chi connectivity index (χ0n) is 14.7. The Kier molecular flexibility index (Phi) is 6.85. The van der Waals surface area contributed by atoms with Crippen LogP contribution in [0.1, 0.15) is 19.4 Å². The Morgan fingerprint density at radius 1 is 1.35 bits per heavy atom. The van der Waals surface area contributed by atoms with Gasteiger partial charge in [0.2, 0.25) is 0 Å². The first-order chi connectivity index (χ1) is 11.1. The molecule has 1 aromatic heterocycles. The second-order valence-corrected chi connectivity index (χ2v) is 6.29. The lowest BCUT2D eigenvalue weighted by atomic mass is 10.0. The van der Waals surface area contributed by atoms with E-state index in [-0.39, 0.29) is 0 Å². The molecule has 1 atom stereocenters. The number of hydrogen-bond donors (Lipinski definition) is 2. The molecule has 7 heteroatoms. The second kappa shape index (κ2) is 8.88. The van der Waals surface area contributed by atoms with E-state index < -0.39 is 0 Å².